The highest BCUT2D eigenvalue weighted by Gasteiger charge is 2.27. The summed E-state index contributed by atoms with van der Waals surface area (Å²) in [5.74, 6) is -1.39. The molecule has 0 atom stereocenters. The fourth-order valence-corrected chi connectivity index (χ4v) is 6.45. The van der Waals surface area contributed by atoms with Crippen LogP contribution in [0.1, 0.15) is 35.2 Å². The van der Waals surface area contributed by atoms with E-state index in [2.05, 4.69) is 10.1 Å². The second kappa shape index (κ2) is 10.4. The summed E-state index contributed by atoms with van der Waals surface area (Å²) >= 11 is 1.08. The maximum Gasteiger partial charge on any atom is 0.280 e. The van der Waals surface area contributed by atoms with Crippen molar-refractivity contribution in [1.82, 2.24) is 9.29 Å². The number of piperidine rings is 1. The van der Waals surface area contributed by atoms with Gasteiger partial charge in [0.1, 0.15) is 11.6 Å². The van der Waals surface area contributed by atoms with Gasteiger partial charge in [-0.2, -0.15) is 14.4 Å². The molecule has 2 heterocycles. The summed E-state index contributed by atoms with van der Waals surface area (Å²) in [5.41, 5.74) is 1.24. The van der Waals surface area contributed by atoms with Crippen LogP contribution in [-0.2, 0) is 10.0 Å². The summed E-state index contributed by atoms with van der Waals surface area (Å²) in [4.78, 5) is 18.1. The van der Waals surface area contributed by atoms with Crippen LogP contribution >= 0.6 is 11.3 Å². The molecular weight excluding hydrogens is 518 g/mol. The highest BCUT2D eigenvalue weighted by molar-refractivity contribution is 7.89. The molecule has 11 heteroatoms. The minimum atomic E-state index is -3.65. The SMILES string of the molecule is O=C(c1ccc(S(=O)(=O)N2CCCCC2)cc1)N(/N=C/c1ccc(F)cc1)c1nc2ccc(F)cc2s1. The Kier molecular flexibility index (Phi) is 7.09. The van der Waals surface area contributed by atoms with Crippen LogP contribution in [0, 0.1) is 11.6 Å². The predicted octanol–water partition coefficient (Wildman–Crippen LogP) is 5.43. The van der Waals surface area contributed by atoms with Crippen molar-refractivity contribution in [3.05, 3.63) is 89.5 Å². The highest BCUT2D eigenvalue weighted by atomic mass is 32.2. The number of anilines is 1. The van der Waals surface area contributed by atoms with Gasteiger partial charge in [-0.25, -0.2) is 22.2 Å². The molecule has 0 radical (unpaired) electrons. The van der Waals surface area contributed by atoms with E-state index in [0.717, 1.165) is 35.6 Å². The van der Waals surface area contributed by atoms with E-state index >= 15 is 0 Å². The van der Waals surface area contributed by atoms with E-state index in [9.17, 15) is 22.0 Å². The van der Waals surface area contributed by atoms with E-state index in [-0.39, 0.29) is 15.6 Å². The molecule has 0 N–H and O–H groups in total. The fraction of sp³-hybridized carbons (Fsp3) is 0.192. The molecule has 3 aromatic carbocycles. The Balaban J connectivity index is 1.47. The standard InChI is InChI=1S/C26H22F2N4O3S2/c27-20-8-4-18(5-9-20)17-29-32(26-30-23-13-10-21(28)16-24(23)36-26)25(33)19-6-11-22(12-7-19)37(34,35)31-14-2-1-3-15-31/h4-13,16-17H,1-3,14-15H2/b29-17+. The molecule has 0 unspecified atom stereocenters. The lowest BCUT2D eigenvalue weighted by Gasteiger charge is -2.25. The van der Waals surface area contributed by atoms with Crippen LogP contribution in [0.3, 0.4) is 0 Å². The molecule has 0 saturated carbocycles. The Hall–Kier alpha value is -3.54. The maximum absolute atomic E-state index is 13.7. The molecule has 1 saturated heterocycles. The van der Waals surface area contributed by atoms with Gasteiger partial charge in [-0.1, -0.05) is 29.9 Å². The van der Waals surface area contributed by atoms with Crippen LogP contribution in [0.15, 0.2) is 76.7 Å². The van der Waals surface area contributed by atoms with Crippen molar-refractivity contribution in [3.63, 3.8) is 0 Å². The number of halogens is 2. The average molecular weight is 541 g/mol. The Morgan fingerprint density at radius 1 is 0.946 bits per heavy atom. The summed E-state index contributed by atoms with van der Waals surface area (Å²) < 4.78 is 55.0. The highest BCUT2D eigenvalue weighted by Crippen LogP contribution is 2.31. The fourth-order valence-electron chi connectivity index (χ4n) is 3.98. The number of thiazole rings is 1. The van der Waals surface area contributed by atoms with E-state index in [1.807, 2.05) is 0 Å². The first-order valence-electron chi connectivity index (χ1n) is 11.6. The lowest BCUT2D eigenvalue weighted by atomic mass is 10.2. The van der Waals surface area contributed by atoms with Crippen molar-refractivity contribution in [2.45, 2.75) is 24.2 Å². The molecule has 1 amide bonds. The molecule has 1 aliphatic rings. The van der Waals surface area contributed by atoms with Gasteiger partial charge in [0.25, 0.3) is 5.91 Å². The number of nitrogens with zero attached hydrogens (tertiary/aromatic N) is 4. The lowest BCUT2D eigenvalue weighted by Crippen LogP contribution is -2.35. The van der Waals surface area contributed by atoms with E-state index in [1.54, 1.807) is 0 Å². The summed E-state index contributed by atoms with van der Waals surface area (Å²) in [6, 6.07) is 15.4. The van der Waals surface area contributed by atoms with Gasteiger partial charge < -0.3 is 0 Å². The molecule has 5 rings (SSSR count). The number of hydrogen-bond acceptors (Lipinski definition) is 6. The predicted molar refractivity (Wildman–Crippen MR) is 139 cm³/mol. The molecule has 0 aliphatic carbocycles. The summed E-state index contributed by atoms with van der Waals surface area (Å²) in [6.45, 7) is 0.959. The number of rotatable bonds is 6. The molecule has 7 nitrogen and oxygen atoms in total. The third-order valence-electron chi connectivity index (χ3n) is 5.96. The van der Waals surface area contributed by atoms with Crippen LogP contribution < -0.4 is 5.01 Å². The van der Waals surface area contributed by atoms with Gasteiger partial charge in [-0.05, 0) is 73.0 Å². The normalized spacial score (nSPS) is 14.9. The lowest BCUT2D eigenvalue weighted by molar-refractivity contribution is 0.0987. The van der Waals surface area contributed by atoms with Crippen molar-refractivity contribution in [3.8, 4) is 0 Å². The molecule has 4 aromatic rings. The number of carbonyl (C=O) groups is 1. The van der Waals surface area contributed by atoms with Gasteiger partial charge in [-0.15, -0.1) is 0 Å². The van der Waals surface area contributed by atoms with Gasteiger partial charge in [0.15, 0.2) is 0 Å². The van der Waals surface area contributed by atoms with E-state index in [1.165, 1.54) is 77.2 Å². The number of hydrazone groups is 1. The van der Waals surface area contributed by atoms with E-state index in [4.69, 9.17) is 0 Å². The molecule has 0 spiro atoms. The molecule has 1 aromatic heterocycles. The summed E-state index contributed by atoms with van der Waals surface area (Å²) in [7, 11) is -3.65. The smallest absolute Gasteiger partial charge is 0.267 e. The number of benzene rings is 3. The molecule has 0 bridgehead atoms. The van der Waals surface area contributed by atoms with Crippen LogP contribution in [0.25, 0.3) is 10.2 Å². The Bertz CT molecular complexity index is 1560. The second-order valence-electron chi connectivity index (χ2n) is 8.51. The first-order valence-corrected chi connectivity index (χ1v) is 13.9. The van der Waals surface area contributed by atoms with Crippen molar-refractivity contribution >= 4 is 48.8 Å². The van der Waals surface area contributed by atoms with Crippen molar-refractivity contribution < 1.29 is 22.0 Å². The van der Waals surface area contributed by atoms with Crippen molar-refractivity contribution in [2.75, 3.05) is 18.1 Å². The summed E-state index contributed by atoms with van der Waals surface area (Å²) in [6.07, 6.45) is 4.04. The molecular formula is C26H22F2N4O3S2. The first-order chi connectivity index (χ1) is 17.8. The number of carbonyl (C=O) groups excluding carboxylic acids is 1. The van der Waals surface area contributed by atoms with Gasteiger partial charge >= 0.3 is 0 Å². The van der Waals surface area contributed by atoms with Gasteiger partial charge in [0.05, 0.1) is 21.3 Å². The largest absolute Gasteiger partial charge is 0.280 e. The Morgan fingerprint density at radius 2 is 1.62 bits per heavy atom. The van der Waals surface area contributed by atoms with Crippen LogP contribution in [0.4, 0.5) is 13.9 Å². The molecule has 37 heavy (non-hydrogen) atoms. The second-order valence-corrected chi connectivity index (χ2v) is 11.5. The molecule has 1 aliphatic heterocycles. The van der Waals surface area contributed by atoms with Crippen LogP contribution in [0.2, 0.25) is 0 Å². The van der Waals surface area contributed by atoms with Gasteiger partial charge in [0, 0.05) is 18.7 Å². The number of aromatic nitrogens is 1. The Labute approximate surface area is 216 Å². The third kappa shape index (κ3) is 5.43. The van der Waals surface area contributed by atoms with E-state index in [0.29, 0.717) is 28.9 Å². The number of hydrogen-bond donors (Lipinski definition) is 0. The van der Waals surface area contributed by atoms with Crippen molar-refractivity contribution in [2.24, 2.45) is 5.10 Å². The number of sulfonamides is 1. The van der Waals surface area contributed by atoms with E-state index < -0.39 is 27.6 Å². The minimum Gasteiger partial charge on any atom is -0.267 e. The van der Waals surface area contributed by atoms with Gasteiger partial charge in [-0.3, -0.25) is 4.79 Å². The zero-order chi connectivity index (χ0) is 26.0. The quantitative estimate of drug-likeness (QED) is 0.241. The van der Waals surface area contributed by atoms with Crippen LogP contribution in [-0.4, -0.2) is 42.9 Å². The van der Waals surface area contributed by atoms with Crippen molar-refractivity contribution in [1.29, 1.82) is 0 Å². The zero-order valence-electron chi connectivity index (χ0n) is 19.5. The Morgan fingerprint density at radius 3 is 2.32 bits per heavy atom. The topological polar surface area (TPSA) is 82.9 Å². The third-order valence-corrected chi connectivity index (χ3v) is 8.87. The number of amides is 1. The maximum atomic E-state index is 13.7. The first kappa shape index (κ1) is 25.1. The summed E-state index contributed by atoms with van der Waals surface area (Å²) in [5, 5.41) is 5.57. The van der Waals surface area contributed by atoms with Crippen LogP contribution in [0.5, 0.6) is 0 Å². The van der Waals surface area contributed by atoms with Gasteiger partial charge in [0.2, 0.25) is 15.2 Å². The zero-order valence-corrected chi connectivity index (χ0v) is 21.2. The number of fused-ring (bicyclic) bond motifs is 1. The molecule has 1 fully saturated rings. The average Bonchev–Trinajstić information content (AvgIpc) is 3.33. The molecule has 190 valence electrons. The monoisotopic (exact) mass is 540 g/mol. The minimum absolute atomic E-state index is 0.114.